The van der Waals surface area contributed by atoms with E-state index in [1.54, 1.807) is 4.90 Å². The van der Waals surface area contributed by atoms with Gasteiger partial charge < -0.3 is 10.5 Å². The number of benzene rings is 1. The summed E-state index contributed by atoms with van der Waals surface area (Å²) in [6.07, 6.45) is -0.524. The first-order valence-electron chi connectivity index (χ1n) is 5.40. The van der Waals surface area contributed by atoms with Crippen LogP contribution in [0.25, 0.3) is 0 Å². The number of rotatable bonds is 2. The zero-order chi connectivity index (χ0) is 11.7. The highest BCUT2D eigenvalue weighted by molar-refractivity contribution is 5.91. The van der Waals surface area contributed by atoms with E-state index in [1.165, 1.54) is 0 Å². The van der Waals surface area contributed by atoms with Crippen LogP contribution in [-0.4, -0.2) is 24.8 Å². The van der Waals surface area contributed by atoms with Crippen LogP contribution in [0.1, 0.15) is 12.5 Å². The van der Waals surface area contributed by atoms with E-state index in [1.807, 2.05) is 38.1 Å². The van der Waals surface area contributed by atoms with E-state index in [9.17, 15) is 4.79 Å². The predicted octanol–water partition coefficient (Wildman–Crippen LogP) is 1.67. The molecule has 1 aliphatic heterocycles. The molecular formula is C12H16N2O2. The fourth-order valence-corrected chi connectivity index (χ4v) is 2.01. The van der Waals surface area contributed by atoms with Crippen molar-refractivity contribution >= 4 is 11.8 Å². The summed E-state index contributed by atoms with van der Waals surface area (Å²) in [5.74, 6) is 0. The summed E-state index contributed by atoms with van der Waals surface area (Å²) in [4.78, 5) is 13.4. The van der Waals surface area contributed by atoms with Crippen LogP contribution in [0.4, 0.5) is 10.5 Å². The quantitative estimate of drug-likeness (QED) is 0.824. The number of carbonyl (C=O) groups excluding carboxylic acids is 1. The Kier molecular flexibility index (Phi) is 2.83. The number of anilines is 1. The van der Waals surface area contributed by atoms with Crippen molar-refractivity contribution in [3.8, 4) is 0 Å². The predicted molar refractivity (Wildman–Crippen MR) is 62.4 cm³/mol. The van der Waals surface area contributed by atoms with Crippen molar-refractivity contribution in [3.05, 3.63) is 29.8 Å². The number of nitrogens with two attached hydrogens (primary N) is 1. The minimum absolute atomic E-state index is 0.0152. The van der Waals surface area contributed by atoms with Gasteiger partial charge in [-0.3, -0.25) is 4.90 Å². The first-order valence-corrected chi connectivity index (χ1v) is 5.40. The molecule has 0 spiro atoms. The lowest BCUT2D eigenvalue weighted by atomic mass is 10.1. The average molecular weight is 220 g/mol. The highest BCUT2D eigenvalue weighted by Crippen LogP contribution is 2.28. The Morgan fingerprint density at radius 2 is 2.12 bits per heavy atom. The van der Waals surface area contributed by atoms with E-state index in [-0.39, 0.29) is 18.2 Å². The van der Waals surface area contributed by atoms with Gasteiger partial charge in [0.1, 0.15) is 6.10 Å². The minimum Gasteiger partial charge on any atom is -0.442 e. The molecule has 1 heterocycles. The van der Waals surface area contributed by atoms with Gasteiger partial charge in [-0.05, 0) is 25.5 Å². The van der Waals surface area contributed by atoms with Crippen molar-refractivity contribution in [2.24, 2.45) is 5.73 Å². The molecule has 16 heavy (non-hydrogen) atoms. The van der Waals surface area contributed by atoms with Gasteiger partial charge in [0.15, 0.2) is 0 Å². The third-order valence-electron chi connectivity index (χ3n) is 3.00. The fourth-order valence-electron chi connectivity index (χ4n) is 2.01. The number of para-hydroxylation sites is 1. The second kappa shape index (κ2) is 4.14. The van der Waals surface area contributed by atoms with Gasteiger partial charge >= 0.3 is 6.09 Å². The van der Waals surface area contributed by atoms with E-state index in [0.29, 0.717) is 6.54 Å². The summed E-state index contributed by atoms with van der Waals surface area (Å²) in [5.41, 5.74) is 7.52. The Labute approximate surface area is 95.0 Å². The number of amides is 1. The molecule has 4 nitrogen and oxygen atoms in total. The minimum atomic E-state index is -0.308. The molecule has 1 aromatic carbocycles. The SMILES string of the molecule is Cc1ccccc1N1C(=O)OC(CN)C1C. The highest BCUT2D eigenvalue weighted by atomic mass is 16.6. The number of cyclic esters (lactones) is 1. The van der Waals surface area contributed by atoms with Crippen molar-refractivity contribution in [3.63, 3.8) is 0 Å². The van der Waals surface area contributed by atoms with Crippen molar-refractivity contribution in [1.29, 1.82) is 0 Å². The van der Waals surface area contributed by atoms with Gasteiger partial charge in [-0.1, -0.05) is 18.2 Å². The third-order valence-corrected chi connectivity index (χ3v) is 3.00. The number of nitrogens with zero attached hydrogens (tertiary/aromatic N) is 1. The number of hydrogen-bond acceptors (Lipinski definition) is 3. The Morgan fingerprint density at radius 3 is 2.69 bits per heavy atom. The molecule has 86 valence electrons. The van der Waals surface area contributed by atoms with Crippen LogP contribution in [0.5, 0.6) is 0 Å². The largest absolute Gasteiger partial charge is 0.442 e. The molecule has 1 aromatic rings. The summed E-state index contributed by atoms with van der Waals surface area (Å²) in [7, 11) is 0. The zero-order valence-electron chi connectivity index (χ0n) is 9.51. The van der Waals surface area contributed by atoms with E-state index in [0.717, 1.165) is 11.3 Å². The van der Waals surface area contributed by atoms with E-state index in [4.69, 9.17) is 10.5 Å². The highest BCUT2D eigenvalue weighted by Gasteiger charge is 2.39. The maximum atomic E-state index is 11.8. The van der Waals surface area contributed by atoms with Gasteiger partial charge in [0.05, 0.1) is 11.7 Å². The summed E-state index contributed by atoms with van der Waals surface area (Å²) >= 11 is 0. The molecule has 2 N–H and O–H groups in total. The molecule has 0 bridgehead atoms. The maximum Gasteiger partial charge on any atom is 0.415 e. The number of hydrogen-bond donors (Lipinski definition) is 1. The second-order valence-corrected chi connectivity index (χ2v) is 4.06. The van der Waals surface area contributed by atoms with Crippen molar-refractivity contribution in [2.45, 2.75) is 26.0 Å². The molecule has 0 saturated carbocycles. The first-order chi connectivity index (χ1) is 7.65. The molecule has 0 radical (unpaired) electrons. The molecule has 1 amide bonds. The van der Waals surface area contributed by atoms with E-state index < -0.39 is 0 Å². The molecule has 4 heteroatoms. The zero-order valence-corrected chi connectivity index (χ0v) is 9.51. The van der Waals surface area contributed by atoms with Crippen molar-refractivity contribution in [1.82, 2.24) is 0 Å². The van der Waals surface area contributed by atoms with Crippen LogP contribution in [0.3, 0.4) is 0 Å². The number of carbonyl (C=O) groups is 1. The van der Waals surface area contributed by atoms with Crippen LogP contribution in [0.15, 0.2) is 24.3 Å². The Balaban J connectivity index is 2.35. The molecule has 1 aliphatic rings. The molecule has 0 aliphatic carbocycles. The molecule has 0 aromatic heterocycles. The number of ether oxygens (including phenoxy) is 1. The molecule has 2 unspecified atom stereocenters. The Morgan fingerprint density at radius 1 is 1.44 bits per heavy atom. The Hall–Kier alpha value is -1.55. The lowest BCUT2D eigenvalue weighted by molar-refractivity contribution is 0.137. The number of aryl methyl sites for hydroxylation is 1. The third kappa shape index (κ3) is 1.65. The summed E-state index contributed by atoms with van der Waals surface area (Å²) in [5, 5.41) is 0. The van der Waals surface area contributed by atoms with Gasteiger partial charge in [0.2, 0.25) is 0 Å². The fraction of sp³-hybridized carbons (Fsp3) is 0.417. The molecular weight excluding hydrogens is 204 g/mol. The second-order valence-electron chi connectivity index (χ2n) is 4.06. The van der Waals surface area contributed by atoms with Crippen LogP contribution >= 0.6 is 0 Å². The van der Waals surface area contributed by atoms with Gasteiger partial charge in [0, 0.05) is 6.54 Å². The van der Waals surface area contributed by atoms with Gasteiger partial charge in [-0.2, -0.15) is 0 Å². The molecule has 1 saturated heterocycles. The monoisotopic (exact) mass is 220 g/mol. The topological polar surface area (TPSA) is 55.6 Å². The molecule has 1 fully saturated rings. The van der Waals surface area contributed by atoms with Crippen LogP contribution in [0, 0.1) is 6.92 Å². The smallest absolute Gasteiger partial charge is 0.415 e. The summed E-state index contributed by atoms with van der Waals surface area (Å²) < 4.78 is 5.21. The van der Waals surface area contributed by atoms with E-state index >= 15 is 0 Å². The van der Waals surface area contributed by atoms with Gasteiger partial charge in [-0.25, -0.2) is 4.79 Å². The standard InChI is InChI=1S/C12H16N2O2/c1-8-5-3-4-6-10(8)14-9(2)11(7-13)16-12(14)15/h3-6,9,11H,7,13H2,1-2H3. The van der Waals surface area contributed by atoms with E-state index in [2.05, 4.69) is 0 Å². The summed E-state index contributed by atoms with van der Waals surface area (Å²) in [6, 6.07) is 7.75. The Bertz CT molecular complexity index is 406. The lowest BCUT2D eigenvalue weighted by Gasteiger charge is -2.21. The van der Waals surface area contributed by atoms with Crippen molar-refractivity contribution < 1.29 is 9.53 Å². The van der Waals surface area contributed by atoms with Crippen molar-refractivity contribution in [2.75, 3.05) is 11.4 Å². The first kappa shape index (κ1) is 11.0. The average Bonchev–Trinajstić information content (AvgIpc) is 2.55. The van der Waals surface area contributed by atoms with Gasteiger partial charge in [0.25, 0.3) is 0 Å². The summed E-state index contributed by atoms with van der Waals surface area (Å²) in [6.45, 7) is 4.29. The molecule has 2 rings (SSSR count). The van der Waals surface area contributed by atoms with Crippen LogP contribution in [-0.2, 0) is 4.74 Å². The normalized spacial score (nSPS) is 24.7. The maximum absolute atomic E-state index is 11.8. The van der Waals surface area contributed by atoms with Gasteiger partial charge in [-0.15, -0.1) is 0 Å². The lowest BCUT2D eigenvalue weighted by Crippen LogP contribution is -2.37. The molecule has 2 atom stereocenters. The van der Waals surface area contributed by atoms with Crippen LogP contribution in [0.2, 0.25) is 0 Å². The van der Waals surface area contributed by atoms with Crippen LogP contribution < -0.4 is 10.6 Å².